The molecule has 2 heterocycles. The van der Waals surface area contributed by atoms with Crippen molar-refractivity contribution in [3.05, 3.63) is 65.0 Å². The maximum atomic E-state index is 14.0. The molecule has 1 aromatic carbocycles. The summed E-state index contributed by atoms with van der Waals surface area (Å²) in [6.07, 6.45) is 0.845. The predicted molar refractivity (Wildman–Crippen MR) is 79.7 cm³/mol. The Kier molecular flexibility index (Phi) is 4.09. The number of aliphatic hydroxyl groups is 1. The molecule has 0 aliphatic carbocycles. The van der Waals surface area contributed by atoms with E-state index < -0.39 is 23.8 Å². The standard InChI is InChI=1S/C17H16F2N2O2/c1-10-2-3-11(8-20-10)17(23)21-9-13(22)7-16(21)14-6-12(18)4-5-15(14)19/h2-6,8,13,16,22H,7,9H2,1H3. The van der Waals surface area contributed by atoms with Crippen molar-refractivity contribution in [1.29, 1.82) is 0 Å². The molecule has 0 bridgehead atoms. The van der Waals surface area contributed by atoms with E-state index in [9.17, 15) is 18.7 Å². The molecule has 3 rings (SSSR count). The van der Waals surface area contributed by atoms with Crippen molar-refractivity contribution in [1.82, 2.24) is 9.88 Å². The molecule has 1 N–H and O–H groups in total. The molecular weight excluding hydrogens is 302 g/mol. The highest BCUT2D eigenvalue weighted by atomic mass is 19.1. The van der Waals surface area contributed by atoms with Crippen LogP contribution in [0, 0.1) is 18.6 Å². The third kappa shape index (κ3) is 3.07. The number of hydrogen-bond donors (Lipinski definition) is 1. The summed E-state index contributed by atoms with van der Waals surface area (Å²) in [7, 11) is 0. The van der Waals surface area contributed by atoms with Crippen LogP contribution in [0.3, 0.4) is 0 Å². The van der Waals surface area contributed by atoms with Gasteiger partial charge in [-0.15, -0.1) is 0 Å². The van der Waals surface area contributed by atoms with Crippen molar-refractivity contribution in [3.8, 4) is 0 Å². The summed E-state index contributed by atoms with van der Waals surface area (Å²) in [4.78, 5) is 18.1. The minimum atomic E-state index is -0.773. The highest BCUT2D eigenvalue weighted by Gasteiger charge is 2.37. The van der Waals surface area contributed by atoms with Gasteiger partial charge in [0, 0.05) is 24.0 Å². The maximum Gasteiger partial charge on any atom is 0.256 e. The lowest BCUT2D eigenvalue weighted by atomic mass is 10.0. The molecule has 4 nitrogen and oxygen atoms in total. The van der Waals surface area contributed by atoms with Crippen LogP contribution in [-0.4, -0.2) is 33.5 Å². The van der Waals surface area contributed by atoms with Gasteiger partial charge < -0.3 is 10.0 Å². The Morgan fingerprint density at radius 2 is 2.09 bits per heavy atom. The molecule has 2 aromatic rings. The number of aryl methyl sites for hydroxylation is 1. The molecule has 6 heteroatoms. The zero-order valence-electron chi connectivity index (χ0n) is 12.5. The lowest BCUT2D eigenvalue weighted by molar-refractivity contribution is 0.0713. The Hall–Kier alpha value is -2.34. The summed E-state index contributed by atoms with van der Waals surface area (Å²) in [6.45, 7) is 1.88. The lowest BCUT2D eigenvalue weighted by Crippen LogP contribution is -2.32. The van der Waals surface area contributed by atoms with Crippen LogP contribution in [0.5, 0.6) is 0 Å². The van der Waals surface area contributed by atoms with Crippen molar-refractivity contribution >= 4 is 5.91 Å². The van der Waals surface area contributed by atoms with Gasteiger partial charge in [-0.2, -0.15) is 0 Å². The first kappa shape index (κ1) is 15.6. The fourth-order valence-corrected chi connectivity index (χ4v) is 2.86. The summed E-state index contributed by atoms with van der Waals surface area (Å²) in [5.74, 6) is -1.53. The predicted octanol–water partition coefficient (Wildman–Crippen LogP) is 2.62. The van der Waals surface area contributed by atoms with Crippen LogP contribution in [0.2, 0.25) is 0 Å². The van der Waals surface area contributed by atoms with Crippen LogP contribution in [-0.2, 0) is 0 Å². The van der Waals surface area contributed by atoms with Crippen molar-refractivity contribution in [2.24, 2.45) is 0 Å². The topological polar surface area (TPSA) is 53.4 Å². The van der Waals surface area contributed by atoms with E-state index in [-0.39, 0.29) is 24.4 Å². The molecule has 1 amide bonds. The Labute approximate surface area is 132 Å². The zero-order chi connectivity index (χ0) is 16.6. The summed E-state index contributed by atoms with van der Waals surface area (Å²) in [6, 6.07) is 5.78. The average Bonchev–Trinajstić information content (AvgIpc) is 2.91. The molecule has 0 spiro atoms. The van der Waals surface area contributed by atoms with Gasteiger partial charge in [-0.1, -0.05) is 0 Å². The normalized spacial score (nSPS) is 20.8. The average molecular weight is 318 g/mol. The molecule has 0 saturated carbocycles. The molecule has 1 aliphatic rings. The molecule has 120 valence electrons. The number of nitrogens with zero attached hydrogens (tertiary/aromatic N) is 2. The van der Waals surface area contributed by atoms with E-state index in [1.54, 1.807) is 19.1 Å². The summed E-state index contributed by atoms with van der Waals surface area (Å²) >= 11 is 0. The highest BCUT2D eigenvalue weighted by molar-refractivity contribution is 5.94. The van der Waals surface area contributed by atoms with Gasteiger partial charge in [0.15, 0.2) is 0 Å². The van der Waals surface area contributed by atoms with Gasteiger partial charge in [0.25, 0.3) is 5.91 Å². The van der Waals surface area contributed by atoms with E-state index in [1.807, 2.05) is 0 Å². The van der Waals surface area contributed by atoms with Crippen LogP contribution >= 0.6 is 0 Å². The number of hydrogen-bond acceptors (Lipinski definition) is 3. The number of aromatic nitrogens is 1. The van der Waals surface area contributed by atoms with Crippen molar-refractivity contribution in [3.63, 3.8) is 0 Å². The van der Waals surface area contributed by atoms with E-state index >= 15 is 0 Å². The van der Waals surface area contributed by atoms with Crippen LogP contribution in [0.15, 0.2) is 36.5 Å². The number of likely N-dealkylation sites (tertiary alicyclic amines) is 1. The van der Waals surface area contributed by atoms with E-state index in [0.717, 1.165) is 23.9 Å². The van der Waals surface area contributed by atoms with E-state index in [1.165, 1.54) is 11.1 Å². The van der Waals surface area contributed by atoms with E-state index in [0.29, 0.717) is 5.56 Å². The Bertz CT molecular complexity index is 734. The number of benzene rings is 1. The molecule has 1 fully saturated rings. The lowest BCUT2D eigenvalue weighted by Gasteiger charge is -2.25. The number of β-amino-alcohol motifs (C(OH)–C–C–N with tert-alkyl or cyclic N) is 1. The van der Waals surface area contributed by atoms with Crippen LogP contribution < -0.4 is 0 Å². The molecular formula is C17H16F2N2O2. The number of carbonyl (C=O) groups is 1. The van der Waals surface area contributed by atoms with Gasteiger partial charge in [-0.25, -0.2) is 8.78 Å². The first-order valence-electron chi connectivity index (χ1n) is 7.32. The summed E-state index contributed by atoms with van der Waals surface area (Å²) in [5.41, 5.74) is 1.21. The molecule has 1 aromatic heterocycles. The minimum Gasteiger partial charge on any atom is -0.391 e. The van der Waals surface area contributed by atoms with Gasteiger partial charge in [-0.3, -0.25) is 9.78 Å². The summed E-state index contributed by atoms with van der Waals surface area (Å²) < 4.78 is 27.5. The smallest absolute Gasteiger partial charge is 0.256 e. The number of carbonyl (C=O) groups excluding carboxylic acids is 1. The molecule has 23 heavy (non-hydrogen) atoms. The second-order valence-corrected chi connectivity index (χ2v) is 5.72. The number of aliphatic hydroxyl groups excluding tert-OH is 1. The Morgan fingerprint density at radius 1 is 1.30 bits per heavy atom. The van der Waals surface area contributed by atoms with Crippen molar-refractivity contribution in [2.45, 2.75) is 25.5 Å². The van der Waals surface area contributed by atoms with Crippen molar-refractivity contribution in [2.75, 3.05) is 6.54 Å². The molecule has 2 unspecified atom stereocenters. The van der Waals surface area contributed by atoms with Crippen LogP contribution in [0.4, 0.5) is 8.78 Å². The SMILES string of the molecule is Cc1ccc(C(=O)N2CC(O)CC2c2cc(F)ccc2F)cn1. The fourth-order valence-electron chi connectivity index (χ4n) is 2.86. The molecule has 0 radical (unpaired) electrons. The van der Waals surface area contributed by atoms with E-state index in [2.05, 4.69) is 4.98 Å². The number of halogens is 2. The number of pyridine rings is 1. The largest absolute Gasteiger partial charge is 0.391 e. The van der Waals surface area contributed by atoms with Gasteiger partial charge in [0.2, 0.25) is 0 Å². The zero-order valence-corrected chi connectivity index (χ0v) is 12.5. The Morgan fingerprint density at radius 3 is 2.78 bits per heavy atom. The minimum absolute atomic E-state index is 0.0767. The van der Waals surface area contributed by atoms with Crippen LogP contribution in [0.25, 0.3) is 0 Å². The van der Waals surface area contributed by atoms with Gasteiger partial charge >= 0.3 is 0 Å². The fraction of sp³-hybridized carbons (Fsp3) is 0.294. The third-order valence-corrected chi connectivity index (χ3v) is 4.02. The van der Waals surface area contributed by atoms with Crippen LogP contribution in [0.1, 0.15) is 34.1 Å². The monoisotopic (exact) mass is 318 g/mol. The molecule has 2 atom stereocenters. The number of amides is 1. The Balaban J connectivity index is 1.95. The first-order valence-corrected chi connectivity index (χ1v) is 7.32. The molecule has 1 aliphatic heterocycles. The highest BCUT2D eigenvalue weighted by Crippen LogP contribution is 2.35. The van der Waals surface area contributed by atoms with Crippen molar-refractivity contribution < 1.29 is 18.7 Å². The number of rotatable bonds is 2. The second kappa shape index (κ2) is 6.04. The van der Waals surface area contributed by atoms with Gasteiger partial charge in [0.1, 0.15) is 11.6 Å². The third-order valence-electron chi connectivity index (χ3n) is 4.02. The van der Waals surface area contributed by atoms with E-state index in [4.69, 9.17) is 0 Å². The quantitative estimate of drug-likeness (QED) is 0.926. The first-order chi connectivity index (χ1) is 11.0. The van der Waals surface area contributed by atoms with Gasteiger partial charge in [-0.05, 0) is 43.7 Å². The second-order valence-electron chi connectivity index (χ2n) is 5.72. The summed E-state index contributed by atoms with van der Waals surface area (Å²) in [5, 5.41) is 9.91. The maximum absolute atomic E-state index is 14.0. The molecule has 1 saturated heterocycles. The van der Waals surface area contributed by atoms with Gasteiger partial charge in [0.05, 0.1) is 17.7 Å².